The first-order chi connectivity index (χ1) is 19.3. The molecule has 1 saturated carbocycles. The number of benzene rings is 2. The lowest BCUT2D eigenvalue weighted by Gasteiger charge is -2.27. The highest BCUT2D eigenvalue weighted by atomic mass is 19.1. The largest absolute Gasteiger partial charge is 0.465 e. The molecule has 1 aliphatic rings. The second-order valence-corrected chi connectivity index (χ2v) is 10.3. The Morgan fingerprint density at radius 3 is 2.52 bits per heavy atom. The maximum atomic E-state index is 13.6. The third-order valence-corrected chi connectivity index (χ3v) is 7.14. The number of nitrogens with one attached hydrogen (secondary N) is 3. The van der Waals surface area contributed by atoms with Gasteiger partial charge in [-0.25, -0.2) is 9.18 Å². The third kappa shape index (κ3) is 7.94. The van der Waals surface area contributed by atoms with E-state index in [0.717, 1.165) is 31.4 Å². The highest BCUT2D eigenvalue weighted by Gasteiger charge is 2.28. The van der Waals surface area contributed by atoms with Crippen molar-refractivity contribution in [2.45, 2.75) is 57.5 Å². The Labute approximate surface area is 233 Å². The number of amides is 2. The fraction of sp³-hybridized carbons (Fsp3) is 0.387. The number of ether oxygens (including phenoxy) is 1. The Balaban J connectivity index is 1.39. The predicted molar refractivity (Wildman–Crippen MR) is 150 cm³/mol. The maximum absolute atomic E-state index is 13.6. The molecule has 0 aliphatic heterocycles. The van der Waals surface area contributed by atoms with Crippen LogP contribution in [0.15, 0.2) is 65.1 Å². The van der Waals surface area contributed by atoms with Gasteiger partial charge in [0.15, 0.2) is 5.76 Å². The van der Waals surface area contributed by atoms with Gasteiger partial charge in [0.05, 0.1) is 12.7 Å². The van der Waals surface area contributed by atoms with Gasteiger partial charge in [-0.3, -0.25) is 9.59 Å². The molecule has 1 heterocycles. The first-order valence-electron chi connectivity index (χ1n) is 13.7. The van der Waals surface area contributed by atoms with Crippen LogP contribution in [0.25, 0.3) is 11.3 Å². The summed E-state index contributed by atoms with van der Waals surface area (Å²) in [6.45, 7) is 2.28. The SMILES string of the molecule is COC(=O)c1cccc(NCC(C)NC(=O)[C@H](CC2CCCCC2)NC(=O)c2ccc(-c3cccc(F)c3)o2)c1. The molecule has 1 aromatic heterocycles. The summed E-state index contributed by atoms with van der Waals surface area (Å²) < 4.78 is 24.1. The van der Waals surface area contributed by atoms with E-state index >= 15 is 0 Å². The van der Waals surface area contributed by atoms with Crippen LogP contribution in [0.2, 0.25) is 0 Å². The average Bonchev–Trinajstić information content (AvgIpc) is 3.47. The number of halogens is 1. The minimum Gasteiger partial charge on any atom is -0.465 e. The molecule has 0 saturated heterocycles. The zero-order valence-corrected chi connectivity index (χ0v) is 22.9. The summed E-state index contributed by atoms with van der Waals surface area (Å²) in [4.78, 5) is 38.3. The average molecular weight is 550 g/mol. The maximum Gasteiger partial charge on any atom is 0.337 e. The smallest absolute Gasteiger partial charge is 0.337 e. The number of hydrogen-bond acceptors (Lipinski definition) is 6. The molecule has 3 N–H and O–H groups in total. The van der Waals surface area contributed by atoms with Crippen molar-refractivity contribution in [1.82, 2.24) is 10.6 Å². The Morgan fingerprint density at radius 1 is 1.00 bits per heavy atom. The second kappa shape index (κ2) is 13.8. The molecular formula is C31H36FN3O5. The van der Waals surface area contributed by atoms with Crippen LogP contribution in [0, 0.1) is 11.7 Å². The number of methoxy groups -OCH3 is 1. The lowest BCUT2D eigenvalue weighted by Crippen LogP contribution is -2.51. The Bertz CT molecular complexity index is 1320. The van der Waals surface area contributed by atoms with Crippen molar-refractivity contribution in [2.24, 2.45) is 5.92 Å². The van der Waals surface area contributed by atoms with Gasteiger partial charge >= 0.3 is 5.97 Å². The molecule has 1 fully saturated rings. The number of furan rings is 1. The van der Waals surface area contributed by atoms with Crippen LogP contribution in [0.5, 0.6) is 0 Å². The number of carbonyl (C=O) groups excluding carboxylic acids is 3. The molecule has 8 nitrogen and oxygen atoms in total. The quantitative estimate of drug-likeness (QED) is 0.270. The van der Waals surface area contributed by atoms with Crippen LogP contribution in [-0.2, 0) is 9.53 Å². The molecule has 9 heteroatoms. The molecule has 1 aliphatic carbocycles. The van der Waals surface area contributed by atoms with Crippen molar-refractivity contribution in [3.8, 4) is 11.3 Å². The van der Waals surface area contributed by atoms with E-state index < -0.39 is 23.7 Å². The van der Waals surface area contributed by atoms with Gasteiger partial charge in [0.25, 0.3) is 5.91 Å². The van der Waals surface area contributed by atoms with Gasteiger partial charge in [0, 0.05) is 23.8 Å². The third-order valence-electron chi connectivity index (χ3n) is 7.14. The van der Waals surface area contributed by atoms with Gasteiger partial charge in [-0.15, -0.1) is 0 Å². The molecule has 40 heavy (non-hydrogen) atoms. The lowest BCUT2D eigenvalue weighted by molar-refractivity contribution is -0.124. The van der Waals surface area contributed by atoms with Crippen molar-refractivity contribution >= 4 is 23.5 Å². The summed E-state index contributed by atoms with van der Waals surface area (Å²) in [7, 11) is 1.33. The summed E-state index contributed by atoms with van der Waals surface area (Å²) in [5, 5.41) is 9.10. The molecule has 0 spiro atoms. The topological polar surface area (TPSA) is 110 Å². The molecule has 4 rings (SSSR count). The van der Waals surface area contributed by atoms with E-state index in [4.69, 9.17) is 9.15 Å². The molecule has 1 unspecified atom stereocenters. The molecule has 0 radical (unpaired) electrons. The molecule has 2 atom stereocenters. The lowest BCUT2D eigenvalue weighted by atomic mass is 9.84. The first-order valence-corrected chi connectivity index (χ1v) is 13.7. The fourth-order valence-corrected chi connectivity index (χ4v) is 5.01. The van der Waals surface area contributed by atoms with E-state index in [1.807, 2.05) is 13.0 Å². The highest BCUT2D eigenvalue weighted by molar-refractivity contribution is 5.96. The molecule has 3 aromatic rings. The molecule has 212 valence electrons. The Hall–Kier alpha value is -4.14. The van der Waals surface area contributed by atoms with Crippen LogP contribution >= 0.6 is 0 Å². The van der Waals surface area contributed by atoms with Crippen LogP contribution in [0.1, 0.15) is 66.4 Å². The van der Waals surface area contributed by atoms with Gasteiger partial charge in [-0.2, -0.15) is 0 Å². The van der Waals surface area contributed by atoms with E-state index in [0.29, 0.717) is 35.8 Å². The second-order valence-electron chi connectivity index (χ2n) is 10.3. The van der Waals surface area contributed by atoms with E-state index in [2.05, 4.69) is 16.0 Å². The van der Waals surface area contributed by atoms with Gasteiger partial charge in [0.2, 0.25) is 5.91 Å². The zero-order valence-electron chi connectivity index (χ0n) is 22.9. The molecular weight excluding hydrogens is 513 g/mol. The van der Waals surface area contributed by atoms with Crippen molar-refractivity contribution in [2.75, 3.05) is 19.0 Å². The van der Waals surface area contributed by atoms with Crippen molar-refractivity contribution < 1.29 is 27.9 Å². The molecule has 2 amide bonds. The van der Waals surface area contributed by atoms with Crippen molar-refractivity contribution in [3.05, 3.63) is 77.8 Å². The monoisotopic (exact) mass is 549 g/mol. The minimum absolute atomic E-state index is 0.0564. The predicted octanol–water partition coefficient (Wildman–Crippen LogP) is 5.56. The number of esters is 1. The minimum atomic E-state index is -0.733. The van der Waals surface area contributed by atoms with Crippen LogP contribution < -0.4 is 16.0 Å². The Kier molecular flexibility index (Phi) is 9.94. The van der Waals surface area contributed by atoms with Gasteiger partial charge in [-0.05, 0) is 61.7 Å². The van der Waals surface area contributed by atoms with Crippen molar-refractivity contribution in [3.63, 3.8) is 0 Å². The van der Waals surface area contributed by atoms with Crippen molar-refractivity contribution in [1.29, 1.82) is 0 Å². The van der Waals surface area contributed by atoms with Crippen LogP contribution in [-0.4, -0.2) is 43.5 Å². The van der Waals surface area contributed by atoms with Gasteiger partial charge < -0.3 is 25.1 Å². The summed E-state index contributed by atoms with van der Waals surface area (Å²) >= 11 is 0. The normalized spacial score (nSPS) is 15.1. The summed E-state index contributed by atoms with van der Waals surface area (Å²) in [6.07, 6.45) is 6.01. The van der Waals surface area contributed by atoms with Crippen LogP contribution in [0.4, 0.5) is 10.1 Å². The fourth-order valence-electron chi connectivity index (χ4n) is 5.01. The standard InChI is InChI=1S/C31H36FN3O5/c1-20(19-33-25-13-7-11-23(18-25)31(38)39-2)34-29(36)26(16-21-8-4-3-5-9-21)35-30(37)28-15-14-27(40-28)22-10-6-12-24(32)17-22/h6-7,10-15,17-18,20-21,26,33H,3-5,8-9,16,19H2,1-2H3,(H,34,36)(H,35,37)/t20?,26-/m0/s1. The summed E-state index contributed by atoms with van der Waals surface area (Å²) in [6, 6.07) is 15.0. The van der Waals surface area contributed by atoms with E-state index in [9.17, 15) is 18.8 Å². The summed E-state index contributed by atoms with van der Waals surface area (Å²) in [5.41, 5.74) is 1.68. The van der Waals surface area contributed by atoms with E-state index in [-0.39, 0.29) is 17.7 Å². The van der Waals surface area contributed by atoms with Gasteiger partial charge in [-0.1, -0.05) is 50.3 Å². The molecule has 0 bridgehead atoms. The zero-order chi connectivity index (χ0) is 28.5. The number of anilines is 1. The number of carbonyl (C=O) groups is 3. The van der Waals surface area contributed by atoms with Crippen LogP contribution in [0.3, 0.4) is 0 Å². The van der Waals surface area contributed by atoms with Gasteiger partial charge in [0.1, 0.15) is 17.6 Å². The Morgan fingerprint density at radius 2 is 1.77 bits per heavy atom. The van der Waals surface area contributed by atoms with E-state index in [1.165, 1.54) is 31.7 Å². The molecule has 2 aromatic carbocycles. The number of hydrogen-bond donors (Lipinski definition) is 3. The first kappa shape index (κ1) is 28.9. The number of rotatable bonds is 11. The summed E-state index contributed by atoms with van der Waals surface area (Å²) in [5.74, 6) is -0.819. The van der Waals surface area contributed by atoms with E-state index in [1.54, 1.807) is 36.4 Å². The highest BCUT2D eigenvalue weighted by Crippen LogP contribution is 2.28.